The number of hydrogen-bond donors (Lipinski definition) is 3. The van der Waals surface area contributed by atoms with E-state index in [0.29, 0.717) is 41.7 Å². The Bertz CT molecular complexity index is 1120. The van der Waals surface area contributed by atoms with Crippen molar-refractivity contribution in [1.29, 1.82) is 0 Å². The van der Waals surface area contributed by atoms with Crippen LogP contribution in [0, 0.1) is 29.0 Å². The summed E-state index contributed by atoms with van der Waals surface area (Å²) in [6.07, 6.45) is 7.90. The van der Waals surface area contributed by atoms with Gasteiger partial charge in [-0.25, -0.2) is 4.39 Å². The third kappa shape index (κ3) is 6.32. The van der Waals surface area contributed by atoms with Gasteiger partial charge >= 0.3 is 0 Å². The summed E-state index contributed by atoms with van der Waals surface area (Å²) in [6, 6.07) is 7.74. The van der Waals surface area contributed by atoms with Crippen molar-refractivity contribution < 1.29 is 14.0 Å². The molecule has 4 rings (SSSR count). The third-order valence-corrected chi connectivity index (χ3v) is 8.35. The zero-order valence-electron chi connectivity index (χ0n) is 21.9. The summed E-state index contributed by atoms with van der Waals surface area (Å²) in [5.41, 5.74) is 6.36. The molecule has 1 aromatic carbocycles. The molecule has 37 heavy (non-hydrogen) atoms. The molecule has 0 bridgehead atoms. The molecule has 1 heterocycles. The molecule has 2 aliphatic rings. The standard InChI is InChI=1S/C29H38ClFN4O2/c1-18(2)12-19-13-20(16-28(3,15-19)26(36)35-22-6-10-33-11-7-22)25(32)17-34-27(37)29(8-9-29)23-5-4-21(30)14-24(23)31/h4-7,10-11,14,18-20,25H,8-9,12-13,15-17,32H2,1-3H3,(H,34,37)(H,33,35,36). The van der Waals surface area contributed by atoms with Crippen LogP contribution in [-0.4, -0.2) is 29.4 Å². The molecule has 0 radical (unpaired) electrons. The molecule has 1 aromatic heterocycles. The van der Waals surface area contributed by atoms with Gasteiger partial charge in [-0.15, -0.1) is 0 Å². The Balaban J connectivity index is 1.43. The van der Waals surface area contributed by atoms with Crippen LogP contribution < -0.4 is 16.4 Å². The number of rotatable bonds is 9. The fourth-order valence-electron chi connectivity index (χ4n) is 6.14. The molecular weight excluding hydrogens is 491 g/mol. The van der Waals surface area contributed by atoms with Gasteiger partial charge in [-0.3, -0.25) is 14.6 Å². The summed E-state index contributed by atoms with van der Waals surface area (Å²) in [5.74, 6) is 0.292. The van der Waals surface area contributed by atoms with E-state index in [-0.39, 0.29) is 30.3 Å². The van der Waals surface area contributed by atoms with E-state index >= 15 is 0 Å². The molecule has 0 aliphatic heterocycles. The highest BCUT2D eigenvalue weighted by Gasteiger charge is 2.53. The van der Waals surface area contributed by atoms with Crippen molar-refractivity contribution in [3.63, 3.8) is 0 Å². The average molecular weight is 529 g/mol. The molecule has 6 nitrogen and oxygen atoms in total. The van der Waals surface area contributed by atoms with E-state index in [1.807, 2.05) is 6.92 Å². The van der Waals surface area contributed by atoms with Crippen molar-refractivity contribution in [3.05, 3.63) is 59.1 Å². The summed E-state index contributed by atoms with van der Waals surface area (Å²) < 4.78 is 14.6. The maximum atomic E-state index is 14.6. The number of hydrogen-bond acceptors (Lipinski definition) is 4. The van der Waals surface area contributed by atoms with Gasteiger partial charge in [0.25, 0.3) is 0 Å². The second-order valence-electron chi connectivity index (χ2n) is 11.7. The van der Waals surface area contributed by atoms with Gasteiger partial charge in [0.15, 0.2) is 0 Å². The van der Waals surface area contributed by atoms with Crippen LogP contribution >= 0.6 is 11.6 Å². The van der Waals surface area contributed by atoms with Crippen molar-refractivity contribution in [1.82, 2.24) is 10.3 Å². The van der Waals surface area contributed by atoms with Crippen molar-refractivity contribution in [3.8, 4) is 0 Å². The van der Waals surface area contributed by atoms with Gasteiger partial charge < -0.3 is 16.4 Å². The van der Waals surface area contributed by atoms with E-state index in [1.54, 1.807) is 36.7 Å². The molecule has 2 aliphatic carbocycles. The number of halogens is 2. The first-order valence-corrected chi connectivity index (χ1v) is 13.6. The minimum Gasteiger partial charge on any atom is -0.354 e. The summed E-state index contributed by atoms with van der Waals surface area (Å²) in [5, 5.41) is 6.37. The van der Waals surface area contributed by atoms with Crippen molar-refractivity contribution in [2.45, 2.75) is 70.8 Å². The number of aromatic nitrogens is 1. The lowest BCUT2D eigenvalue weighted by atomic mass is 9.63. The highest BCUT2D eigenvalue weighted by Crippen LogP contribution is 2.50. The van der Waals surface area contributed by atoms with E-state index in [1.165, 1.54) is 6.07 Å². The highest BCUT2D eigenvalue weighted by molar-refractivity contribution is 6.30. The number of pyridine rings is 1. The van der Waals surface area contributed by atoms with Crippen LogP contribution in [-0.2, 0) is 15.0 Å². The van der Waals surface area contributed by atoms with Crippen LogP contribution in [0.2, 0.25) is 5.02 Å². The number of nitrogens with zero attached hydrogens (tertiary/aromatic N) is 1. The molecule has 8 heteroatoms. The molecule has 2 amide bonds. The van der Waals surface area contributed by atoms with Gasteiger partial charge in [-0.05, 0) is 80.5 Å². The second kappa shape index (κ2) is 11.1. The molecule has 4 unspecified atom stereocenters. The fourth-order valence-corrected chi connectivity index (χ4v) is 6.30. The van der Waals surface area contributed by atoms with Crippen LogP contribution in [0.15, 0.2) is 42.7 Å². The molecule has 0 saturated heterocycles. The molecule has 4 N–H and O–H groups in total. The smallest absolute Gasteiger partial charge is 0.230 e. The van der Waals surface area contributed by atoms with E-state index in [0.717, 1.165) is 24.9 Å². The molecule has 2 fully saturated rings. The topological polar surface area (TPSA) is 97.1 Å². The Labute approximate surface area is 223 Å². The average Bonchev–Trinajstić information content (AvgIpc) is 3.64. The van der Waals surface area contributed by atoms with E-state index in [9.17, 15) is 14.0 Å². The van der Waals surface area contributed by atoms with Crippen molar-refractivity contribution >= 4 is 29.1 Å². The Morgan fingerprint density at radius 2 is 1.86 bits per heavy atom. The lowest BCUT2D eigenvalue weighted by Crippen LogP contribution is -2.50. The zero-order valence-corrected chi connectivity index (χ0v) is 22.7. The summed E-state index contributed by atoms with van der Waals surface area (Å²) >= 11 is 5.90. The minimum atomic E-state index is -0.847. The predicted octanol–water partition coefficient (Wildman–Crippen LogP) is 5.46. The first kappa shape index (κ1) is 27.5. The molecule has 200 valence electrons. The Hall–Kier alpha value is -2.51. The Morgan fingerprint density at radius 1 is 1.16 bits per heavy atom. The largest absolute Gasteiger partial charge is 0.354 e. The highest BCUT2D eigenvalue weighted by atomic mass is 35.5. The number of anilines is 1. The van der Waals surface area contributed by atoms with E-state index < -0.39 is 16.6 Å². The van der Waals surface area contributed by atoms with Gasteiger partial charge in [-0.1, -0.05) is 38.4 Å². The van der Waals surface area contributed by atoms with Crippen LogP contribution in [0.5, 0.6) is 0 Å². The van der Waals surface area contributed by atoms with Crippen LogP contribution in [0.1, 0.15) is 64.9 Å². The van der Waals surface area contributed by atoms with Gasteiger partial charge in [0, 0.05) is 46.7 Å². The first-order chi connectivity index (χ1) is 17.5. The van der Waals surface area contributed by atoms with Crippen molar-refractivity contribution in [2.24, 2.45) is 28.9 Å². The lowest BCUT2D eigenvalue weighted by Gasteiger charge is -2.44. The summed E-state index contributed by atoms with van der Waals surface area (Å²) in [7, 11) is 0. The lowest BCUT2D eigenvalue weighted by molar-refractivity contribution is -0.129. The Kier molecular flexibility index (Phi) is 8.24. The number of amides is 2. The number of nitrogens with one attached hydrogen (secondary N) is 2. The molecule has 2 saturated carbocycles. The molecule has 4 atom stereocenters. The molecular formula is C29H38ClFN4O2. The molecule has 0 spiro atoms. The maximum absolute atomic E-state index is 14.6. The number of carbonyl (C=O) groups excluding carboxylic acids is 2. The first-order valence-electron chi connectivity index (χ1n) is 13.2. The third-order valence-electron chi connectivity index (χ3n) is 8.11. The summed E-state index contributed by atoms with van der Waals surface area (Å²) in [4.78, 5) is 30.6. The van der Waals surface area contributed by atoms with Crippen molar-refractivity contribution in [2.75, 3.05) is 11.9 Å². The van der Waals surface area contributed by atoms with Gasteiger partial charge in [0.2, 0.25) is 11.8 Å². The number of nitrogens with two attached hydrogens (primary N) is 1. The van der Waals surface area contributed by atoms with Crippen LogP contribution in [0.25, 0.3) is 0 Å². The van der Waals surface area contributed by atoms with E-state index in [4.69, 9.17) is 17.3 Å². The Morgan fingerprint density at radius 3 is 2.49 bits per heavy atom. The maximum Gasteiger partial charge on any atom is 0.230 e. The van der Waals surface area contributed by atoms with Crippen LogP contribution in [0.4, 0.5) is 10.1 Å². The zero-order chi connectivity index (χ0) is 26.8. The summed E-state index contributed by atoms with van der Waals surface area (Å²) in [6.45, 7) is 6.71. The molecule has 2 aromatic rings. The normalized spacial score (nSPS) is 25.4. The quantitative estimate of drug-likeness (QED) is 0.403. The number of benzene rings is 1. The minimum absolute atomic E-state index is 0.0106. The van der Waals surface area contributed by atoms with Crippen LogP contribution in [0.3, 0.4) is 0 Å². The second-order valence-corrected chi connectivity index (χ2v) is 12.2. The monoisotopic (exact) mass is 528 g/mol. The predicted molar refractivity (Wildman–Crippen MR) is 145 cm³/mol. The SMILES string of the molecule is CC(C)CC1CC(C(N)CNC(=O)C2(c3ccc(Cl)cc3F)CC2)CC(C)(C(=O)Nc2ccncc2)C1. The van der Waals surface area contributed by atoms with Gasteiger partial charge in [-0.2, -0.15) is 0 Å². The van der Waals surface area contributed by atoms with Gasteiger partial charge in [0.05, 0.1) is 5.41 Å². The van der Waals surface area contributed by atoms with E-state index in [2.05, 4.69) is 29.5 Å². The number of carbonyl (C=O) groups is 2. The fraction of sp³-hybridized carbons (Fsp3) is 0.552. The van der Waals surface area contributed by atoms with Gasteiger partial charge in [0.1, 0.15) is 5.82 Å².